The minimum Gasteiger partial charge on any atom is -0.449 e. The van der Waals surface area contributed by atoms with Crippen molar-refractivity contribution in [1.29, 1.82) is 0 Å². The molecule has 0 spiro atoms. The summed E-state index contributed by atoms with van der Waals surface area (Å²) in [7, 11) is -3.26. The van der Waals surface area contributed by atoms with Crippen LogP contribution in [0.3, 0.4) is 0 Å². The highest BCUT2D eigenvalue weighted by atomic mass is 31.2. The fourth-order valence-corrected chi connectivity index (χ4v) is 3.86. The zero-order valence-corrected chi connectivity index (χ0v) is 13.3. The molecule has 0 bridgehead atoms. The van der Waals surface area contributed by atoms with E-state index in [1.807, 2.05) is 0 Å². The highest BCUT2D eigenvalue weighted by Gasteiger charge is 2.37. The Morgan fingerprint density at radius 1 is 1.25 bits per heavy atom. The summed E-state index contributed by atoms with van der Waals surface area (Å²) >= 11 is 0. The van der Waals surface area contributed by atoms with Crippen molar-refractivity contribution in [2.24, 2.45) is 0 Å². The molecule has 1 amide bonds. The predicted molar refractivity (Wildman–Crippen MR) is 76.4 cm³/mol. The molecule has 1 atom stereocenters. The van der Waals surface area contributed by atoms with Gasteiger partial charge in [0.2, 0.25) is 0 Å². The third kappa shape index (κ3) is 3.95. The van der Waals surface area contributed by atoms with Gasteiger partial charge in [-0.05, 0) is 39.3 Å². The maximum Gasteiger partial charge on any atom is 0.417 e. The van der Waals surface area contributed by atoms with Gasteiger partial charge >= 0.3 is 13.7 Å². The van der Waals surface area contributed by atoms with Crippen molar-refractivity contribution < 1.29 is 23.1 Å². The van der Waals surface area contributed by atoms with Gasteiger partial charge in [0.1, 0.15) is 5.66 Å². The first kappa shape index (κ1) is 17.0. The van der Waals surface area contributed by atoms with Gasteiger partial charge < -0.3 is 13.8 Å². The van der Waals surface area contributed by atoms with Crippen LogP contribution in [-0.4, -0.2) is 36.5 Å². The summed E-state index contributed by atoms with van der Waals surface area (Å²) in [5, 5.41) is 0. The van der Waals surface area contributed by atoms with Crippen LogP contribution in [0.1, 0.15) is 27.7 Å². The normalized spacial score (nSPS) is 18.9. The van der Waals surface area contributed by atoms with Crippen molar-refractivity contribution in [3.63, 3.8) is 0 Å². The van der Waals surface area contributed by atoms with Gasteiger partial charge in [-0.15, -0.1) is 0 Å². The van der Waals surface area contributed by atoms with Crippen LogP contribution in [-0.2, 0) is 18.3 Å². The summed E-state index contributed by atoms with van der Waals surface area (Å²) in [6, 6.07) is 0. The number of carbonyl (C=O) groups excluding carboxylic acids is 1. The second-order valence-electron chi connectivity index (χ2n) is 4.14. The monoisotopic (exact) mass is 303 g/mol. The summed E-state index contributed by atoms with van der Waals surface area (Å²) in [5.74, 6) is 0. The first-order chi connectivity index (χ1) is 9.48. The lowest BCUT2D eigenvalue weighted by molar-refractivity contribution is 0.132. The summed E-state index contributed by atoms with van der Waals surface area (Å²) in [5.41, 5.74) is 0.249. The van der Waals surface area contributed by atoms with E-state index in [-0.39, 0.29) is 0 Å². The SMILES string of the molecule is CCOC(=O)N1C=CC(P(=O)(OCC)OCC)C(C)=C1. The average molecular weight is 303 g/mol. The summed E-state index contributed by atoms with van der Waals surface area (Å²) < 4.78 is 28.3. The Kier molecular flexibility index (Phi) is 6.46. The maximum atomic E-state index is 12.7. The number of nitrogens with zero attached hydrogens (tertiary/aromatic N) is 1. The van der Waals surface area contributed by atoms with Gasteiger partial charge in [-0.1, -0.05) is 0 Å². The van der Waals surface area contributed by atoms with Gasteiger partial charge in [0.25, 0.3) is 0 Å². The lowest BCUT2D eigenvalue weighted by atomic mass is 10.2. The Bertz CT molecular complexity index is 436. The molecule has 114 valence electrons. The van der Waals surface area contributed by atoms with E-state index < -0.39 is 19.3 Å². The van der Waals surface area contributed by atoms with Crippen molar-refractivity contribution in [3.05, 3.63) is 24.0 Å². The van der Waals surface area contributed by atoms with Crippen LogP contribution < -0.4 is 0 Å². The molecule has 0 saturated carbocycles. The van der Waals surface area contributed by atoms with E-state index in [0.717, 1.165) is 5.57 Å². The molecule has 1 heterocycles. The maximum absolute atomic E-state index is 12.7. The molecule has 6 nitrogen and oxygen atoms in total. The molecule has 1 aliphatic heterocycles. The van der Waals surface area contributed by atoms with Crippen LogP contribution in [0.2, 0.25) is 0 Å². The lowest BCUT2D eigenvalue weighted by Gasteiger charge is -2.28. The molecular weight excluding hydrogens is 281 g/mol. The zero-order chi connectivity index (χ0) is 15.2. The number of hydrogen-bond acceptors (Lipinski definition) is 5. The summed E-state index contributed by atoms with van der Waals surface area (Å²) in [6.07, 6.45) is 4.30. The molecule has 0 aromatic rings. The Labute approximate surface area is 119 Å². The molecule has 0 saturated heterocycles. The van der Waals surface area contributed by atoms with Crippen molar-refractivity contribution in [2.45, 2.75) is 33.4 Å². The topological polar surface area (TPSA) is 65.1 Å². The number of allylic oxidation sites excluding steroid dienone is 2. The predicted octanol–water partition coefficient (Wildman–Crippen LogP) is 3.51. The number of amides is 1. The number of carbonyl (C=O) groups is 1. The second-order valence-corrected chi connectivity index (χ2v) is 6.29. The molecule has 20 heavy (non-hydrogen) atoms. The van der Waals surface area contributed by atoms with Gasteiger partial charge in [0, 0.05) is 12.4 Å². The van der Waals surface area contributed by atoms with Crippen LogP contribution in [0, 0.1) is 0 Å². The van der Waals surface area contributed by atoms with E-state index in [4.69, 9.17) is 13.8 Å². The van der Waals surface area contributed by atoms with E-state index in [0.29, 0.717) is 19.8 Å². The van der Waals surface area contributed by atoms with E-state index in [2.05, 4.69) is 0 Å². The molecule has 7 heteroatoms. The van der Waals surface area contributed by atoms with Crippen LogP contribution in [0.25, 0.3) is 0 Å². The molecule has 1 unspecified atom stereocenters. The van der Waals surface area contributed by atoms with E-state index >= 15 is 0 Å². The van der Waals surface area contributed by atoms with Gasteiger partial charge in [-0.25, -0.2) is 4.79 Å². The number of hydrogen-bond donors (Lipinski definition) is 0. The third-order valence-electron chi connectivity index (χ3n) is 2.68. The first-order valence-electron chi connectivity index (χ1n) is 6.69. The quantitative estimate of drug-likeness (QED) is 0.702. The van der Waals surface area contributed by atoms with Gasteiger partial charge in [-0.2, -0.15) is 0 Å². The molecule has 0 fully saturated rings. The molecule has 0 N–H and O–H groups in total. The zero-order valence-electron chi connectivity index (χ0n) is 12.4. The minimum absolute atomic E-state index is 0.301. The molecule has 0 aromatic carbocycles. The minimum atomic E-state index is -3.26. The molecule has 0 aromatic heterocycles. The van der Waals surface area contributed by atoms with Crippen LogP contribution in [0.15, 0.2) is 24.0 Å². The lowest BCUT2D eigenvalue weighted by Crippen LogP contribution is -2.27. The standard InChI is InChI=1S/C13H22NO5P/c1-5-17-13(15)14-9-8-12(11(4)10-14)20(16,18-6-2)19-7-3/h8-10,12H,5-7H2,1-4H3. The van der Waals surface area contributed by atoms with Crippen LogP contribution in [0.4, 0.5) is 4.79 Å². The van der Waals surface area contributed by atoms with E-state index in [1.54, 1.807) is 40.0 Å². The van der Waals surface area contributed by atoms with E-state index in [9.17, 15) is 9.36 Å². The Hall–Kier alpha value is -1.10. The smallest absolute Gasteiger partial charge is 0.417 e. The molecule has 1 rings (SSSR count). The fourth-order valence-electron chi connectivity index (χ4n) is 1.89. The Morgan fingerprint density at radius 2 is 1.85 bits per heavy atom. The molecule has 1 aliphatic rings. The highest BCUT2D eigenvalue weighted by Crippen LogP contribution is 2.56. The van der Waals surface area contributed by atoms with Gasteiger partial charge in [0.15, 0.2) is 0 Å². The van der Waals surface area contributed by atoms with Crippen LogP contribution in [0.5, 0.6) is 0 Å². The average Bonchev–Trinajstić information content (AvgIpc) is 2.39. The Balaban J connectivity index is 2.90. The fraction of sp³-hybridized carbons (Fsp3) is 0.615. The molecule has 0 aliphatic carbocycles. The van der Waals surface area contributed by atoms with Gasteiger partial charge in [0.05, 0.1) is 19.8 Å². The van der Waals surface area contributed by atoms with E-state index in [1.165, 1.54) is 11.1 Å². The van der Waals surface area contributed by atoms with Crippen molar-refractivity contribution in [3.8, 4) is 0 Å². The molecular formula is C13H22NO5P. The van der Waals surface area contributed by atoms with Crippen LogP contribution >= 0.6 is 7.60 Å². The number of ether oxygens (including phenoxy) is 1. The van der Waals surface area contributed by atoms with Crippen molar-refractivity contribution in [1.82, 2.24) is 4.90 Å². The van der Waals surface area contributed by atoms with Crippen molar-refractivity contribution >= 4 is 13.7 Å². The third-order valence-corrected chi connectivity index (χ3v) is 5.17. The number of rotatable bonds is 6. The largest absolute Gasteiger partial charge is 0.449 e. The Morgan fingerprint density at radius 3 is 2.30 bits per heavy atom. The van der Waals surface area contributed by atoms with Crippen molar-refractivity contribution in [2.75, 3.05) is 19.8 Å². The summed E-state index contributed by atoms with van der Waals surface area (Å²) in [6.45, 7) is 7.96. The van der Waals surface area contributed by atoms with Gasteiger partial charge in [-0.3, -0.25) is 9.46 Å². The second kappa shape index (κ2) is 7.62. The first-order valence-corrected chi connectivity index (χ1v) is 8.30. The highest BCUT2D eigenvalue weighted by molar-refractivity contribution is 7.55. The summed E-state index contributed by atoms with van der Waals surface area (Å²) in [4.78, 5) is 12.9. The molecule has 0 radical (unpaired) electrons.